The van der Waals surface area contributed by atoms with E-state index in [-0.39, 0.29) is 6.04 Å². The van der Waals surface area contributed by atoms with Gasteiger partial charge in [-0.3, -0.25) is 0 Å². The van der Waals surface area contributed by atoms with Crippen LogP contribution in [0.2, 0.25) is 0 Å². The minimum atomic E-state index is -0.224. The van der Waals surface area contributed by atoms with Crippen LogP contribution in [0.4, 0.5) is 0 Å². The van der Waals surface area contributed by atoms with E-state index in [1.807, 2.05) is 12.1 Å². The van der Waals surface area contributed by atoms with E-state index >= 15 is 0 Å². The molecule has 0 aromatic heterocycles. The molecule has 0 aliphatic rings. The van der Waals surface area contributed by atoms with Crippen molar-refractivity contribution in [3.63, 3.8) is 0 Å². The van der Waals surface area contributed by atoms with E-state index in [4.69, 9.17) is 15.2 Å². The van der Waals surface area contributed by atoms with Crippen molar-refractivity contribution in [2.45, 2.75) is 19.9 Å². The van der Waals surface area contributed by atoms with Gasteiger partial charge < -0.3 is 15.2 Å². The van der Waals surface area contributed by atoms with Gasteiger partial charge in [0.25, 0.3) is 0 Å². The molecule has 2 N–H and O–H groups in total. The zero-order valence-electron chi connectivity index (χ0n) is 12.7. The topological polar surface area (TPSA) is 44.5 Å². The molecule has 0 aliphatic carbocycles. The summed E-state index contributed by atoms with van der Waals surface area (Å²) in [5.41, 5.74) is 11.0. The lowest BCUT2D eigenvalue weighted by atomic mass is 9.96. The molecule has 0 heterocycles. The molecule has 2 aromatic carbocycles. The highest BCUT2D eigenvalue weighted by Crippen LogP contribution is 2.37. The average Bonchev–Trinajstić information content (AvgIpc) is 2.49. The highest BCUT2D eigenvalue weighted by molar-refractivity contribution is 9.10. The molecule has 4 heteroatoms. The van der Waals surface area contributed by atoms with Gasteiger partial charge in [-0.2, -0.15) is 0 Å². The molecule has 1 unspecified atom stereocenters. The van der Waals surface area contributed by atoms with Crippen molar-refractivity contribution in [1.29, 1.82) is 0 Å². The monoisotopic (exact) mass is 349 g/mol. The molecule has 1 atom stereocenters. The third kappa shape index (κ3) is 3.22. The number of ether oxygens (including phenoxy) is 2. The van der Waals surface area contributed by atoms with E-state index in [1.165, 1.54) is 11.1 Å². The number of rotatable bonds is 4. The Morgan fingerprint density at radius 3 is 2.14 bits per heavy atom. The van der Waals surface area contributed by atoms with Gasteiger partial charge in [-0.25, -0.2) is 0 Å². The average molecular weight is 350 g/mol. The predicted octanol–water partition coefficient (Wildman–Crippen LogP) is 4.13. The molecule has 0 radical (unpaired) electrons. The Morgan fingerprint density at radius 2 is 1.57 bits per heavy atom. The summed E-state index contributed by atoms with van der Waals surface area (Å²) in [6, 6.07) is 9.87. The highest BCUT2D eigenvalue weighted by Gasteiger charge is 2.17. The molecule has 0 bridgehead atoms. The van der Waals surface area contributed by atoms with Crippen molar-refractivity contribution in [1.82, 2.24) is 0 Å². The van der Waals surface area contributed by atoms with E-state index in [0.717, 1.165) is 15.6 Å². The summed E-state index contributed by atoms with van der Waals surface area (Å²) in [5.74, 6) is 1.36. The molecule has 21 heavy (non-hydrogen) atoms. The van der Waals surface area contributed by atoms with Gasteiger partial charge >= 0.3 is 0 Å². The molecule has 0 saturated carbocycles. The second-order valence-corrected chi connectivity index (χ2v) is 5.90. The van der Waals surface area contributed by atoms with Crippen molar-refractivity contribution < 1.29 is 9.47 Å². The van der Waals surface area contributed by atoms with Crippen molar-refractivity contribution in [2.24, 2.45) is 5.73 Å². The Labute approximate surface area is 134 Å². The van der Waals surface area contributed by atoms with Crippen LogP contribution in [0, 0.1) is 13.8 Å². The van der Waals surface area contributed by atoms with Crippen LogP contribution in [0.5, 0.6) is 11.5 Å². The van der Waals surface area contributed by atoms with Gasteiger partial charge in [-0.15, -0.1) is 0 Å². The molecular formula is C17H20BrNO2. The standard InChI is InChI=1S/C17H20BrNO2/c1-10-5-6-12(7-11(10)2)17(19)13-8-15(20-3)16(21-4)9-14(13)18/h5-9,17H,19H2,1-4H3. The summed E-state index contributed by atoms with van der Waals surface area (Å²) < 4.78 is 11.6. The summed E-state index contributed by atoms with van der Waals surface area (Å²) in [5, 5.41) is 0. The normalized spacial score (nSPS) is 12.1. The molecular weight excluding hydrogens is 330 g/mol. The van der Waals surface area contributed by atoms with Crippen molar-refractivity contribution >= 4 is 15.9 Å². The molecule has 0 amide bonds. The molecule has 3 nitrogen and oxygen atoms in total. The molecule has 0 fully saturated rings. The molecule has 2 rings (SSSR count). The maximum absolute atomic E-state index is 6.42. The zero-order valence-corrected chi connectivity index (χ0v) is 14.3. The first-order valence-corrected chi connectivity index (χ1v) is 7.51. The summed E-state index contributed by atoms with van der Waals surface area (Å²) in [6.45, 7) is 4.19. The fraction of sp³-hybridized carbons (Fsp3) is 0.294. The Kier molecular flexibility index (Phi) is 4.91. The van der Waals surface area contributed by atoms with Gasteiger partial charge in [-0.1, -0.05) is 34.1 Å². The minimum Gasteiger partial charge on any atom is -0.493 e. The zero-order chi connectivity index (χ0) is 15.6. The summed E-state index contributed by atoms with van der Waals surface area (Å²) >= 11 is 3.57. The van der Waals surface area contributed by atoms with Gasteiger partial charge in [-0.05, 0) is 48.2 Å². The van der Waals surface area contributed by atoms with Crippen molar-refractivity contribution in [3.8, 4) is 11.5 Å². The van der Waals surface area contributed by atoms with E-state index in [1.54, 1.807) is 14.2 Å². The van der Waals surface area contributed by atoms with Gasteiger partial charge in [0.1, 0.15) is 0 Å². The lowest BCUT2D eigenvalue weighted by Crippen LogP contribution is -2.13. The van der Waals surface area contributed by atoms with Gasteiger partial charge in [0.05, 0.1) is 20.3 Å². The smallest absolute Gasteiger partial charge is 0.161 e. The third-order valence-electron chi connectivity index (χ3n) is 3.73. The van der Waals surface area contributed by atoms with Crippen molar-refractivity contribution in [3.05, 3.63) is 57.1 Å². The van der Waals surface area contributed by atoms with Crippen LogP contribution in [0.25, 0.3) is 0 Å². The summed E-state index contributed by atoms with van der Waals surface area (Å²) in [6.07, 6.45) is 0. The lowest BCUT2D eigenvalue weighted by Gasteiger charge is -2.18. The van der Waals surface area contributed by atoms with Crippen molar-refractivity contribution in [2.75, 3.05) is 14.2 Å². The Balaban J connectivity index is 2.47. The van der Waals surface area contributed by atoms with Gasteiger partial charge in [0.2, 0.25) is 0 Å². The number of aryl methyl sites for hydroxylation is 2. The van der Waals surface area contributed by atoms with Crippen LogP contribution < -0.4 is 15.2 Å². The SMILES string of the molecule is COc1cc(Br)c(C(N)c2ccc(C)c(C)c2)cc1OC. The maximum Gasteiger partial charge on any atom is 0.161 e. The Bertz CT molecular complexity index is 655. The highest BCUT2D eigenvalue weighted by atomic mass is 79.9. The molecule has 0 saturated heterocycles. The first kappa shape index (κ1) is 15.9. The fourth-order valence-corrected chi connectivity index (χ4v) is 2.81. The largest absolute Gasteiger partial charge is 0.493 e. The summed E-state index contributed by atoms with van der Waals surface area (Å²) in [7, 11) is 3.24. The van der Waals surface area contributed by atoms with Crippen LogP contribution in [-0.4, -0.2) is 14.2 Å². The van der Waals surface area contributed by atoms with Crippen LogP contribution in [0.15, 0.2) is 34.8 Å². The predicted molar refractivity (Wildman–Crippen MR) is 89.2 cm³/mol. The van der Waals surface area contributed by atoms with E-state index in [0.29, 0.717) is 11.5 Å². The first-order chi connectivity index (χ1) is 9.97. The Hall–Kier alpha value is -1.52. The van der Waals surface area contributed by atoms with Gasteiger partial charge in [0, 0.05) is 4.47 Å². The third-order valence-corrected chi connectivity index (χ3v) is 4.41. The molecule has 0 spiro atoms. The van der Waals surface area contributed by atoms with E-state index in [9.17, 15) is 0 Å². The minimum absolute atomic E-state index is 0.224. The van der Waals surface area contributed by atoms with Gasteiger partial charge in [0.15, 0.2) is 11.5 Å². The molecule has 2 aromatic rings. The Morgan fingerprint density at radius 1 is 0.952 bits per heavy atom. The summed E-state index contributed by atoms with van der Waals surface area (Å²) in [4.78, 5) is 0. The number of hydrogen-bond acceptors (Lipinski definition) is 3. The number of nitrogens with two attached hydrogens (primary N) is 1. The van der Waals surface area contributed by atoms with Crippen LogP contribution in [0.3, 0.4) is 0 Å². The number of methoxy groups -OCH3 is 2. The van der Waals surface area contributed by atoms with E-state index in [2.05, 4.69) is 48.0 Å². The molecule has 0 aliphatic heterocycles. The first-order valence-electron chi connectivity index (χ1n) is 6.72. The maximum atomic E-state index is 6.42. The number of hydrogen-bond donors (Lipinski definition) is 1. The molecule has 112 valence electrons. The van der Waals surface area contributed by atoms with Crippen LogP contribution >= 0.6 is 15.9 Å². The fourth-order valence-electron chi connectivity index (χ4n) is 2.25. The van der Waals surface area contributed by atoms with E-state index < -0.39 is 0 Å². The van der Waals surface area contributed by atoms with Crippen LogP contribution in [-0.2, 0) is 0 Å². The number of benzene rings is 2. The lowest BCUT2D eigenvalue weighted by molar-refractivity contribution is 0.354. The second-order valence-electron chi connectivity index (χ2n) is 5.05. The van der Waals surface area contributed by atoms with Crippen LogP contribution in [0.1, 0.15) is 28.3 Å². The number of halogens is 1. The second kappa shape index (κ2) is 6.50. The quantitative estimate of drug-likeness (QED) is 0.902.